The van der Waals surface area contributed by atoms with Crippen LogP contribution in [-0.4, -0.2) is 29.0 Å². The van der Waals surface area contributed by atoms with Gasteiger partial charge in [0.05, 0.1) is 19.3 Å². The summed E-state index contributed by atoms with van der Waals surface area (Å²) in [7, 11) is 1.58. The van der Waals surface area contributed by atoms with Crippen LogP contribution in [0.2, 0.25) is 0 Å². The van der Waals surface area contributed by atoms with Gasteiger partial charge in [0.25, 0.3) is 5.91 Å². The van der Waals surface area contributed by atoms with Gasteiger partial charge in [-0.1, -0.05) is 6.07 Å². The SMILES string of the molecule is COc1cccc(OCC(=O)NCc2cn3cc(Br)ccc3n2)c1. The summed E-state index contributed by atoms with van der Waals surface area (Å²) in [5.41, 5.74) is 1.61. The summed E-state index contributed by atoms with van der Waals surface area (Å²) in [4.78, 5) is 16.3. The molecule has 0 radical (unpaired) electrons. The third-order valence-corrected chi connectivity index (χ3v) is 3.81. The zero-order valence-electron chi connectivity index (χ0n) is 13.0. The van der Waals surface area contributed by atoms with Gasteiger partial charge in [-0.25, -0.2) is 4.98 Å². The van der Waals surface area contributed by atoms with E-state index in [0.29, 0.717) is 18.0 Å². The Labute approximate surface area is 147 Å². The van der Waals surface area contributed by atoms with Gasteiger partial charge in [-0.3, -0.25) is 4.79 Å². The molecule has 0 saturated carbocycles. The zero-order chi connectivity index (χ0) is 16.9. The van der Waals surface area contributed by atoms with Crippen LogP contribution in [0, 0.1) is 0 Å². The van der Waals surface area contributed by atoms with Gasteiger partial charge in [0.1, 0.15) is 17.1 Å². The van der Waals surface area contributed by atoms with Crippen molar-refractivity contribution in [3.63, 3.8) is 0 Å². The molecule has 3 aromatic rings. The first kappa shape index (κ1) is 16.3. The van der Waals surface area contributed by atoms with Gasteiger partial charge in [-0.05, 0) is 40.2 Å². The normalized spacial score (nSPS) is 10.6. The Kier molecular flexibility index (Phi) is 5.00. The maximum absolute atomic E-state index is 11.9. The summed E-state index contributed by atoms with van der Waals surface area (Å²) in [6.45, 7) is 0.283. The van der Waals surface area contributed by atoms with Crippen LogP contribution >= 0.6 is 15.9 Å². The quantitative estimate of drug-likeness (QED) is 0.703. The lowest BCUT2D eigenvalue weighted by atomic mass is 10.3. The maximum atomic E-state index is 11.9. The second-order valence-corrected chi connectivity index (χ2v) is 6.01. The fourth-order valence-electron chi connectivity index (χ4n) is 2.18. The van der Waals surface area contributed by atoms with E-state index in [4.69, 9.17) is 9.47 Å². The molecule has 2 heterocycles. The van der Waals surface area contributed by atoms with Gasteiger partial charge >= 0.3 is 0 Å². The minimum absolute atomic E-state index is 0.0634. The van der Waals surface area contributed by atoms with Gasteiger partial charge in [0.15, 0.2) is 6.61 Å². The molecule has 0 unspecified atom stereocenters. The number of hydrogen-bond donors (Lipinski definition) is 1. The van der Waals surface area contributed by atoms with E-state index in [1.54, 1.807) is 25.3 Å². The number of aromatic nitrogens is 2. The van der Waals surface area contributed by atoms with E-state index in [-0.39, 0.29) is 12.5 Å². The van der Waals surface area contributed by atoms with E-state index in [2.05, 4.69) is 26.2 Å². The third-order valence-electron chi connectivity index (χ3n) is 3.34. The smallest absolute Gasteiger partial charge is 0.258 e. The predicted molar refractivity (Wildman–Crippen MR) is 93.2 cm³/mol. The minimum atomic E-state index is -0.212. The van der Waals surface area contributed by atoms with Gasteiger partial charge in [-0.15, -0.1) is 0 Å². The second-order valence-electron chi connectivity index (χ2n) is 5.09. The number of halogens is 1. The Balaban J connectivity index is 1.52. The summed E-state index contributed by atoms with van der Waals surface area (Å²) in [5, 5.41) is 2.79. The molecular weight excluding hydrogens is 374 g/mol. The molecular formula is C17H16BrN3O3. The first-order chi connectivity index (χ1) is 11.6. The number of amides is 1. The largest absolute Gasteiger partial charge is 0.497 e. The monoisotopic (exact) mass is 389 g/mol. The summed E-state index contributed by atoms with van der Waals surface area (Å²) in [5.74, 6) is 1.06. The van der Waals surface area contributed by atoms with Crippen molar-refractivity contribution in [2.75, 3.05) is 13.7 Å². The second kappa shape index (κ2) is 7.35. The molecule has 0 aliphatic rings. The molecule has 2 aromatic heterocycles. The van der Waals surface area contributed by atoms with E-state index in [1.165, 1.54) is 0 Å². The molecule has 0 aliphatic carbocycles. The van der Waals surface area contributed by atoms with Crippen molar-refractivity contribution in [3.05, 3.63) is 59.0 Å². The van der Waals surface area contributed by atoms with Crippen LogP contribution in [0.25, 0.3) is 5.65 Å². The fraction of sp³-hybridized carbons (Fsp3) is 0.176. The van der Waals surface area contributed by atoms with Gasteiger partial charge < -0.3 is 19.2 Å². The number of carbonyl (C=O) groups excluding carboxylic acids is 1. The minimum Gasteiger partial charge on any atom is -0.497 e. The lowest BCUT2D eigenvalue weighted by Crippen LogP contribution is -2.28. The lowest BCUT2D eigenvalue weighted by Gasteiger charge is -2.07. The molecule has 6 nitrogen and oxygen atoms in total. The molecule has 0 aliphatic heterocycles. The summed E-state index contributed by atoms with van der Waals surface area (Å²) in [6, 6.07) is 11.0. The number of hydrogen-bond acceptors (Lipinski definition) is 4. The molecule has 7 heteroatoms. The molecule has 0 saturated heterocycles. The highest BCUT2D eigenvalue weighted by atomic mass is 79.9. The highest BCUT2D eigenvalue weighted by Gasteiger charge is 2.06. The number of rotatable bonds is 6. The average Bonchev–Trinajstić information content (AvgIpc) is 3.00. The Morgan fingerprint density at radius 1 is 1.25 bits per heavy atom. The van der Waals surface area contributed by atoms with Crippen molar-refractivity contribution < 1.29 is 14.3 Å². The lowest BCUT2D eigenvalue weighted by molar-refractivity contribution is -0.123. The Morgan fingerprint density at radius 3 is 2.92 bits per heavy atom. The summed E-state index contributed by atoms with van der Waals surface area (Å²) < 4.78 is 13.4. The van der Waals surface area contributed by atoms with Crippen LogP contribution in [0.1, 0.15) is 5.69 Å². The number of nitrogens with one attached hydrogen (secondary N) is 1. The fourth-order valence-corrected chi connectivity index (χ4v) is 2.54. The van der Waals surface area contributed by atoms with Crippen LogP contribution in [0.15, 0.2) is 53.3 Å². The highest BCUT2D eigenvalue weighted by molar-refractivity contribution is 9.10. The van der Waals surface area contributed by atoms with Gasteiger partial charge in [0.2, 0.25) is 0 Å². The first-order valence-corrected chi connectivity index (χ1v) is 8.10. The Hall–Kier alpha value is -2.54. The number of methoxy groups -OCH3 is 1. The van der Waals surface area contributed by atoms with Crippen molar-refractivity contribution >= 4 is 27.5 Å². The molecule has 1 N–H and O–H groups in total. The number of nitrogens with zero attached hydrogens (tertiary/aromatic N) is 2. The van der Waals surface area contributed by atoms with E-state index >= 15 is 0 Å². The van der Waals surface area contributed by atoms with E-state index < -0.39 is 0 Å². The summed E-state index contributed by atoms with van der Waals surface area (Å²) in [6.07, 6.45) is 3.79. The first-order valence-electron chi connectivity index (χ1n) is 7.31. The van der Waals surface area contributed by atoms with Crippen molar-refractivity contribution in [2.24, 2.45) is 0 Å². The third kappa shape index (κ3) is 4.05. The standard InChI is InChI=1S/C17H16BrN3O3/c1-23-14-3-2-4-15(7-14)24-11-17(22)19-8-13-10-21-9-12(18)5-6-16(21)20-13/h2-7,9-10H,8,11H2,1H3,(H,19,22). The molecule has 1 aromatic carbocycles. The zero-order valence-corrected chi connectivity index (χ0v) is 14.6. The van der Waals surface area contributed by atoms with Gasteiger partial charge in [0, 0.05) is 22.9 Å². The number of fused-ring (bicyclic) bond motifs is 1. The van der Waals surface area contributed by atoms with Gasteiger partial charge in [-0.2, -0.15) is 0 Å². The van der Waals surface area contributed by atoms with Crippen molar-refractivity contribution in [2.45, 2.75) is 6.54 Å². The summed E-state index contributed by atoms with van der Waals surface area (Å²) >= 11 is 3.41. The van der Waals surface area contributed by atoms with E-state index in [0.717, 1.165) is 15.8 Å². The highest BCUT2D eigenvalue weighted by Crippen LogP contribution is 2.18. The Morgan fingerprint density at radius 2 is 2.08 bits per heavy atom. The van der Waals surface area contributed by atoms with E-state index in [9.17, 15) is 4.79 Å². The molecule has 1 amide bonds. The van der Waals surface area contributed by atoms with Crippen LogP contribution in [-0.2, 0) is 11.3 Å². The molecule has 0 fully saturated rings. The number of carbonyl (C=O) groups is 1. The predicted octanol–water partition coefficient (Wildman–Crippen LogP) is 2.80. The molecule has 0 bridgehead atoms. The maximum Gasteiger partial charge on any atom is 0.258 e. The topological polar surface area (TPSA) is 64.9 Å². The Bertz CT molecular complexity index is 863. The molecule has 0 spiro atoms. The van der Waals surface area contributed by atoms with Crippen molar-refractivity contribution in [1.82, 2.24) is 14.7 Å². The molecule has 24 heavy (non-hydrogen) atoms. The van der Waals surface area contributed by atoms with Crippen LogP contribution in [0.3, 0.4) is 0 Å². The number of imidazole rings is 1. The van der Waals surface area contributed by atoms with E-state index in [1.807, 2.05) is 35.0 Å². The number of pyridine rings is 1. The number of benzene rings is 1. The van der Waals surface area contributed by atoms with Crippen LogP contribution in [0.5, 0.6) is 11.5 Å². The van der Waals surface area contributed by atoms with Crippen molar-refractivity contribution in [3.8, 4) is 11.5 Å². The van der Waals surface area contributed by atoms with Crippen LogP contribution in [0.4, 0.5) is 0 Å². The molecule has 0 atom stereocenters. The van der Waals surface area contributed by atoms with Crippen LogP contribution < -0.4 is 14.8 Å². The van der Waals surface area contributed by atoms with Crippen molar-refractivity contribution in [1.29, 1.82) is 0 Å². The molecule has 124 valence electrons. The molecule has 3 rings (SSSR count). The number of ether oxygens (including phenoxy) is 2. The average molecular weight is 390 g/mol.